The van der Waals surface area contributed by atoms with Crippen LogP contribution in [0.4, 0.5) is 9.18 Å². The number of aliphatic hydroxyl groups is 1. The second-order valence-corrected chi connectivity index (χ2v) is 7.41. The van der Waals surface area contributed by atoms with Crippen LogP contribution in [0.2, 0.25) is 5.02 Å². The summed E-state index contributed by atoms with van der Waals surface area (Å²) in [6, 6.07) is 4.04. The van der Waals surface area contributed by atoms with Crippen LogP contribution in [0.3, 0.4) is 0 Å². The quantitative estimate of drug-likeness (QED) is 0.877. The first kappa shape index (κ1) is 18.0. The van der Waals surface area contributed by atoms with E-state index in [0.717, 1.165) is 12.8 Å². The van der Waals surface area contributed by atoms with Gasteiger partial charge in [-0.25, -0.2) is 9.18 Å². The van der Waals surface area contributed by atoms with Gasteiger partial charge in [0.05, 0.1) is 6.10 Å². The second kappa shape index (κ2) is 7.05. The zero-order valence-corrected chi connectivity index (χ0v) is 14.4. The van der Waals surface area contributed by atoms with E-state index in [1.54, 1.807) is 11.0 Å². The van der Waals surface area contributed by atoms with Crippen LogP contribution < -0.4 is 0 Å². The summed E-state index contributed by atoms with van der Waals surface area (Å²) in [5, 5.41) is 10.8. The lowest BCUT2D eigenvalue weighted by Gasteiger charge is -2.36. The lowest BCUT2D eigenvalue weighted by Crippen LogP contribution is -2.44. The Kier molecular flexibility index (Phi) is 5.53. The van der Waals surface area contributed by atoms with E-state index in [-0.39, 0.29) is 17.0 Å². The van der Waals surface area contributed by atoms with Crippen molar-refractivity contribution in [1.82, 2.24) is 4.90 Å². The molecule has 4 nitrogen and oxygen atoms in total. The summed E-state index contributed by atoms with van der Waals surface area (Å²) in [5.41, 5.74) is -0.121. The number of nitrogens with zero attached hydrogens (tertiary/aromatic N) is 1. The number of halogens is 2. The Balaban J connectivity index is 2.06. The molecule has 0 spiro atoms. The average Bonchev–Trinajstić information content (AvgIpc) is 2.44. The lowest BCUT2D eigenvalue weighted by atomic mass is 9.88. The SMILES string of the molecule is CC(C)(C)OC(=O)N1CCCC([C@@H](O)c2cc(F)cc(Cl)c2)C1. The second-order valence-electron chi connectivity index (χ2n) is 6.98. The molecule has 6 heteroatoms. The van der Waals surface area contributed by atoms with Gasteiger partial charge in [0.25, 0.3) is 0 Å². The molecule has 0 radical (unpaired) electrons. The van der Waals surface area contributed by atoms with Crippen LogP contribution in [0.1, 0.15) is 45.3 Å². The first-order valence-corrected chi connectivity index (χ1v) is 8.15. The Morgan fingerprint density at radius 2 is 2.13 bits per heavy atom. The van der Waals surface area contributed by atoms with E-state index in [1.165, 1.54) is 12.1 Å². The maximum atomic E-state index is 13.5. The van der Waals surface area contributed by atoms with Crippen LogP contribution in [0, 0.1) is 11.7 Å². The third kappa shape index (κ3) is 5.08. The van der Waals surface area contributed by atoms with Crippen molar-refractivity contribution in [3.8, 4) is 0 Å². The van der Waals surface area contributed by atoms with Gasteiger partial charge in [-0.3, -0.25) is 0 Å². The largest absolute Gasteiger partial charge is 0.444 e. The molecule has 1 aliphatic rings. The van der Waals surface area contributed by atoms with Gasteiger partial charge in [0.1, 0.15) is 11.4 Å². The van der Waals surface area contributed by atoms with Gasteiger partial charge in [0.2, 0.25) is 0 Å². The number of piperidine rings is 1. The molecule has 2 atom stereocenters. The molecule has 0 saturated carbocycles. The Bertz CT molecular complexity index is 553. The molecule has 23 heavy (non-hydrogen) atoms. The summed E-state index contributed by atoms with van der Waals surface area (Å²) < 4.78 is 18.8. The van der Waals surface area contributed by atoms with Gasteiger partial charge in [-0.1, -0.05) is 11.6 Å². The maximum absolute atomic E-state index is 13.5. The van der Waals surface area contributed by atoms with Crippen LogP contribution in [0.15, 0.2) is 18.2 Å². The van der Waals surface area contributed by atoms with Crippen LogP contribution in [0.5, 0.6) is 0 Å². The number of carbonyl (C=O) groups excluding carboxylic acids is 1. The Labute approximate surface area is 141 Å². The van der Waals surface area contributed by atoms with Gasteiger partial charge in [-0.05, 0) is 57.4 Å². The molecule has 1 unspecified atom stereocenters. The van der Waals surface area contributed by atoms with E-state index in [9.17, 15) is 14.3 Å². The van der Waals surface area contributed by atoms with Gasteiger partial charge >= 0.3 is 6.09 Å². The van der Waals surface area contributed by atoms with E-state index >= 15 is 0 Å². The molecule has 1 amide bonds. The molecule has 1 heterocycles. The first-order chi connectivity index (χ1) is 10.7. The summed E-state index contributed by atoms with van der Waals surface area (Å²) >= 11 is 5.85. The number of hydrogen-bond acceptors (Lipinski definition) is 3. The van der Waals surface area contributed by atoms with Gasteiger partial charge in [-0.15, -0.1) is 0 Å². The highest BCUT2D eigenvalue weighted by Gasteiger charge is 2.31. The number of rotatable bonds is 2. The van der Waals surface area contributed by atoms with Gasteiger partial charge in [-0.2, -0.15) is 0 Å². The molecule has 2 rings (SSSR count). The summed E-state index contributed by atoms with van der Waals surface area (Å²) in [7, 11) is 0. The van der Waals surface area contributed by atoms with E-state index in [0.29, 0.717) is 18.7 Å². The van der Waals surface area contributed by atoms with Crippen LogP contribution in [-0.4, -0.2) is 34.8 Å². The normalized spacial score (nSPS) is 20.3. The van der Waals surface area contributed by atoms with E-state index in [1.807, 2.05) is 20.8 Å². The maximum Gasteiger partial charge on any atom is 0.410 e. The van der Waals surface area contributed by atoms with Crippen LogP contribution >= 0.6 is 11.6 Å². The van der Waals surface area contributed by atoms with Crippen molar-refractivity contribution in [1.29, 1.82) is 0 Å². The van der Waals surface area contributed by atoms with Crippen molar-refractivity contribution in [2.24, 2.45) is 5.92 Å². The predicted molar refractivity (Wildman–Crippen MR) is 86.9 cm³/mol. The molecular weight excluding hydrogens is 321 g/mol. The third-order valence-corrected chi connectivity index (χ3v) is 4.00. The molecule has 1 aliphatic heterocycles. The minimum absolute atomic E-state index is 0.172. The standard InChI is InChI=1S/C17H23ClFNO3/c1-17(2,3)23-16(22)20-6-4-5-11(10-20)15(21)12-7-13(18)9-14(19)8-12/h7-9,11,15,21H,4-6,10H2,1-3H3/t11?,15-/m1/s1. The number of amides is 1. The fourth-order valence-electron chi connectivity index (χ4n) is 2.78. The number of aliphatic hydroxyl groups excluding tert-OH is 1. The zero-order valence-electron chi connectivity index (χ0n) is 13.7. The summed E-state index contributed by atoms with van der Waals surface area (Å²) in [6.45, 7) is 6.42. The lowest BCUT2D eigenvalue weighted by molar-refractivity contribution is 0.00234. The summed E-state index contributed by atoms with van der Waals surface area (Å²) in [4.78, 5) is 13.8. The Morgan fingerprint density at radius 3 is 2.74 bits per heavy atom. The van der Waals surface area contributed by atoms with E-state index in [4.69, 9.17) is 16.3 Å². The third-order valence-electron chi connectivity index (χ3n) is 3.78. The molecule has 128 valence electrons. The molecule has 0 bridgehead atoms. The molecule has 1 aromatic rings. The number of carbonyl (C=O) groups is 1. The minimum atomic E-state index is -0.867. The Hall–Kier alpha value is -1.33. The average molecular weight is 344 g/mol. The van der Waals surface area contributed by atoms with Gasteiger partial charge in [0, 0.05) is 24.0 Å². The Morgan fingerprint density at radius 1 is 1.43 bits per heavy atom. The van der Waals surface area contributed by atoms with Crippen molar-refractivity contribution in [2.45, 2.75) is 45.3 Å². The highest BCUT2D eigenvalue weighted by atomic mass is 35.5. The molecule has 1 N–H and O–H groups in total. The number of hydrogen-bond donors (Lipinski definition) is 1. The van der Waals surface area contributed by atoms with Gasteiger partial charge < -0.3 is 14.7 Å². The fraction of sp³-hybridized carbons (Fsp3) is 0.588. The number of likely N-dealkylation sites (tertiary alicyclic amines) is 1. The molecular formula is C17H23ClFNO3. The molecule has 0 aromatic heterocycles. The fourth-order valence-corrected chi connectivity index (χ4v) is 3.01. The van der Waals surface area contributed by atoms with Crippen molar-refractivity contribution in [3.05, 3.63) is 34.6 Å². The topological polar surface area (TPSA) is 49.8 Å². The monoisotopic (exact) mass is 343 g/mol. The number of benzene rings is 1. The van der Waals surface area contributed by atoms with Crippen molar-refractivity contribution >= 4 is 17.7 Å². The summed E-state index contributed by atoms with van der Waals surface area (Å²) in [5.74, 6) is -0.652. The summed E-state index contributed by atoms with van der Waals surface area (Å²) in [6.07, 6.45) is 0.277. The van der Waals surface area contributed by atoms with Gasteiger partial charge in [0.15, 0.2) is 0 Å². The van der Waals surface area contributed by atoms with Crippen LogP contribution in [0.25, 0.3) is 0 Å². The van der Waals surface area contributed by atoms with Crippen molar-refractivity contribution in [3.63, 3.8) is 0 Å². The molecule has 1 fully saturated rings. The van der Waals surface area contributed by atoms with Crippen molar-refractivity contribution < 1.29 is 19.0 Å². The smallest absolute Gasteiger partial charge is 0.410 e. The molecule has 1 aromatic carbocycles. The zero-order chi connectivity index (χ0) is 17.2. The predicted octanol–water partition coefficient (Wildman–Crippen LogP) is 4.16. The van der Waals surface area contributed by atoms with Crippen molar-refractivity contribution in [2.75, 3.05) is 13.1 Å². The van der Waals surface area contributed by atoms with E-state index in [2.05, 4.69) is 0 Å². The van der Waals surface area contributed by atoms with Crippen LogP contribution in [-0.2, 0) is 4.74 Å². The highest BCUT2D eigenvalue weighted by Crippen LogP contribution is 2.32. The minimum Gasteiger partial charge on any atom is -0.444 e. The number of ether oxygens (including phenoxy) is 1. The van der Waals surface area contributed by atoms with E-state index < -0.39 is 17.5 Å². The first-order valence-electron chi connectivity index (χ1n) is 7.78. The molecule has 1 saturated heterocycles. The molecule has 0 aliphatic carbocycles. The highest BCUT2D eigenvalue weighted by molar-refractivity contribution is 6.30.